The molecule has 1 aromatic heterocycles. The fraction of sp³-hybridized carbons (Fsp3) is 0.0714. The normalized spacial score (nSPS) is 9.56. The molecule has 0 atom stereocenters. The fourth-order valence-electron chi connectivity index (χ4n) is 1.34. The van der Waals surface area contributed by atoms with Gasteiger partial charge in [-0.15, -0.1) is 0 Å². The van der Waals surface area contributed by atoms with Gasteiger partial charge >= 0.3 is 0 Å². The Kier molecular flexibility index (Phi) is 3.34. The summed E-state index contributed by atoms with van der Waals surface area (Å²) >= 11 is 0. The van der Waals surface area contributed by atoms with Gasteiger partial charge in [-0.1, -0.05) is 48.0 Å². The van der Waals surface area contributed by atoms with Gasteiger partial charge in [0, 0.05) is 0 Å². The number of oxazole rings is 1. The lowest BCUT2D eigenvalue weighted by Crippen LogP contribution is -1.62. The Morgan fingerprint density at radius 2 is 1.56 bits per heavy atom. The number of para-hydroxylation sites is 2. The van der Waals surface area contributed by atoms with Gasteiger partial charge in [0.05, 0.1) is 0 Å². The summed E-state index contributed by atoms with van der Waals surface area (Å²) in [6.07, 6.45) is 1.45. The molecule has 2 nitrogen and oxygen atoms in total. The molecule has 0 aliphatic heterocycles. The van der Waals surface area contributed by atoms with Crippen molar-refractivity contribution in [3.05, 3.63) is 66.6 Å². The average Bonchev–Trinajstić information content (AvgIpc) is 2.79. The quantitative estimate of drug-likeness (QED) is 0.565. The minimum absolute atomic E-state index is 0.845. The van der Waals surface area contributed by atoms with E-state index in [0.717, 1.165) is 11.1 Å². The zero-order chi connectivity index (χ0) is 11.2. The number of aromatic nitrogens is 1. The Balaban J connectivity index is 0.000000125. The van der Waals surface area contributed by atoms with Crippen molar-refractivity contribution in [2.24, 2.45) is 0 Å². The molecule has 0 amide bonds. The van der Waals surface area contributed by atoms with Crippen LogP contribution in [0.15, 0.2) is 65.4 Å². The zero-order valence-corrected chi connectivity index (χ0v) is 9.13. The summed E-state index contributed by atoms with van der Waals surface area (Å²) in [5, 5.41) is 0. The Bertz CT molecular complexity index is 512. The third-order valence-electron chi connectivity index (χ3n) is 2.18. The van der Waals surface area contributed by atoms with E-state index in [-0.39, 0.29) is 0 Å². The van der Waals surface area contributed by atoms with E-state index < -0.39 is 0 Å². The minimum Gasteiger partial charge on any atom is -0.443 e. The first-order valence-electron chi connectivity index (χ1n) is 5.16. The summed E-state index contributed by atoms with van der Waals surface area (Å²) in [6, 6.07) is 17.9. The van der Waals surface area contributed by atoms with Crippen molar-refractivity contribution in [2.75, 3.05) is 0 Å². The topological polar surface area (TPSA) is 26.0 Å². The van der Waals surface area contributed by atoms with E-state index in [1.807, 2.05) is 42.5 Å². The minimum atomic E-state index is 0.845. The first kappa shape index (κ1) is 10.4. The molecule has 0 saturated carbocycles. The SMILES string of the molecule is Cc1ccccc1.c1ccc2ocnc2c1. The Morgan fingerprint density at radius 1 is 0.875 bits per heavy atom. The summed E-state index contributed by atoms with van der Waals surface area (Å²) in [5.41, 5.74) is 3.08. The van der Waals surface area contributed by atoms with Crippen LogP contribution in [0.25, 0.3) is 11.1 Å². The standard InChI is InChI=1S/C7H5NO.C7H8/c1-2-4-7-6(3-1)8-5-9-7;1-7-5-3-2-4-6-7/h1-5H;2-6H,1H3. The van der Waals surface area contributed by atoms with Crippen molar-refractivity contribution in [1.29, 1.82) is 0 Å². The number of hydrogen-bond acceptors (Lipinski definition) is 2. The molecular weight excluding hydrogens is 198 g/mol. The van der Waals surface area contributed by atoms with Gasteiger partial charge < -0.3 is 4.42 Å². The maximum Gasteiger partial charge on any atom is 0.181 e. The summed E-state index contributed by atoms with van der Waals surface area (Å²) in [4.78, 5) is 3.95. The second-order valence-electron chi connectivity index (χ2n) is 3.47. The first-order valence-corrected chi connectivity index (χ1v) is 5.16. The second-order valence-corrected chi connectivity index (χ2v) is 3.47. The van der Waals surface area contributed by atoms with Crippen LogP contribution in [0.1, 0.15) is 5.56 Å². The van der Waals surface area contributed by atoms with Crippen LogP contribution in [-0.2, 0) is 0 Å². The molecule has 0 spiro atoms. The molecule has 3 rings (SSSR count). The zero-order valence-electron chi connectivity index (χ0n) is 9.13. The van der Waals surface area contributed by atoms with Crippen molar-refractivity contribution < 1.29 is 4.42 Å². The number of rotatable bonds is 0. The Hall–Kier alpha value is -2.09. The van der Waals surface area contributed by atoms with Gasteiger partial charge in [0.1, 0.15) is 5.52 Å². The number of benzene rings is 2. The third kappa shape index (κ3) is 2.70. The van der Waals surface area contributed by atoms with Crippen molar-refractivity contribution in [1.82, 2.24) is 4.98 Å². The van der Waals surface area contributed by atoms with Gasteiger partial charge in [0.2, 0.25) is 0 Å². The van der Waals surface area contributed by atoms with Crippen molar-refractivity contribution in [3.63, 3.8) is 0 Å². The van der Waals surface area contributed by atoms with Gasteiger partial charge in [-0.3, -0.25) is 0 Å². The van der Waals surface area contributed by atoms with Crippen LogP contribution in [0.3, 0.4) is 0 Å². The molecule has 0 aliphatic carbocycles. The van der Waals surface area contributed by atoms with Crippen LogP contribution in [0.4, 0.5) is 0 Å². The highest BCUT2D eigenvalue weighted by atomic mass is 16.3. The van der Waals surface area contributed by atoms with Gasteiger partial charge in [0.25, 0.3) is 0 Å². The summed E-state index contributed by atoms with van der Waals surface area (Å²) in [6.45, 7) is 2.08. The third-order valence-corrected chi connectivity index (χ3v) is 2.18. The number of nitrogens with zero attached hydrogens (tertiary/aromatic N) is 1. The van der Waals surface area contributed by atoms with Crippen LogP contribution in [-0.4, -0.2) is 4.98 Å². The molecule has 0 radical (unpaired) electrons. The summed E-state index contributed by atoms with van der Waals surface area (Å²) in [7, 11) is 0. The molecule has 2 heteroatoms. The maximum absolute atomic E-state index is 5.01. The molecule has 0 aliphatic rings. The van der Waals surface area contributed by atoms with E-state index in [0.29, 0.717) is 0 Å². The van der Waals surface area contributed by atoms with Crippen LogP contribution in [0, 0.1) is 6.92 Å². The van der Waals surface area contributed by atoms with Crippen LogP contribution >= 0.6 is 0 Å². The average molecular weight is 211 g/mol. The van der Waals surface area contributed by atoms with Gasteiger partial charge in [-0.25, -0.2) is 4.98 Å². The Labute approximate surface area is 94.6 Å². The number of aryl methyl sites for hydroxylation is 1. The molecule has 80 valence electrons. The molecule has 0 bridgehead atoms. The largest absolute Gasteiger partial charge is 0.443 e. The predicted octanol–water partition coefficient (Wildman–Crippen LogP) is 3.82. The smallest absolute Gasteiger partial charge is 0.181 e. The summed E-state index contributed by atoms with van der Waals surface area (Å²) < 4.78 is 5.01. The predicted molar refractivity (Wildman–Crippen MR) is 65.2 cm³/mol. The van der Waals surface area contributed by atoms with E-state index >= 15 is 0 Å². The van der Waals surface area contributed by atoms with Crippen LogP contribution < -0.4 is 0 Å². The molecule has 0 saturated heterocycles. The molecule has 1 heterocycles. The lowest BCUT2D eigenvalue weighted by atomic mass is 10.2. The number of hydrogen-bond donors (Lipinski definition) is 0. The van der Waals surface area contributed by atoms with Gasteiger partial charge in [0.15, 0.2) is 12.0 Å². The number of fused-ring (bicyclic) bond motifs is 1. The van der Waals surface area contributed by atoms with E-state index in [9.17, 15) is 0 Å². The molecule has 0 N–H and O–H groups in total. The molecule has 2 aromatic carbocycles. The van der Waals surface area contributed by atoms with E-state index in [4.69, 9.17) is 4.42 Å². The monoisotopic (exact) mass is 211 g/mol. The molecule has 0 unspecified atom stereocenters. The Morgan fingerprint density at radius 3 is 2.19 bits per heavy atom. The van der Waals surface area contributed by atoms with Crippen molar-refractivity contribution in [2.45, 2.75) is 6.92 Å². The van der Waals surface area contributed by atoms with Crippen LogP contribution in [0.5, 0.6) is 0 Å². The van der Waals surface area contributed by atoms with E-state index in [1.54, 1.807) is 0 Å². The first-order chi connectivity index (χ1) is 7.86. The van der Waals surface area contributed by atoms with E-state index in [1.165, 1.54) is 12.0 Å². The van der Waals surface area contributed by atoms with Crippen LogP contribution in [0.2, 0.25) is 0 Å². The second kappa shape index (κ2) is 5.12. The van der Waals surface area contributed by atoms with Gasteiger partial charge in [-0.2, -0.15) is 0 Å². The van der Waals surface area contributed by atoms with Gasteiger partial charge in [-0.05, 0) is 19.1 Å². The maximum atomic E-state index is 5.01. The highest BCUT2D eigenvalue weighted by Crippen LogP contribution is 2.09. The molecule has 0 fully saturated rings. The molecule has 16 heavy (non-hydrogen) atoms. The highest BCUT2D eigenvalue weighted by Gasteiger charge is 1.91. The van der Waals surface area contributed by atoms with Crippen molar-refractivity contribution in [3.8, 4) is 0 Å². The summed E-state index contributed by atoms with van der Waals surface area (Å²) in [5.74, 6) is 0. The lowest BCUT2D eigenvalue weighted by Gasteiger charge is -1.82. The molecular formula is C14H13NO. The highest BCUT2D eigenvalue weighted by molar-refractivity contribution is 5.71. The lowest BCUT2D eigenvalue weighted by molar-refractivity contribution is 0.602. The fourth-order valence-corrected chi connectivity index (χ4v) is 1.34. The van der Waals surface area contributed by atoms with Crippen molar-refractivity contribution >= 4 is 11.1 Å². The van der Waals surface area contributed by atoms with E-state index in [2.05, 4.69) is 24.0 Å². The molecule has 3 aromatic rings.